The van der Waals surface area contributed by atoms with Gasteiger partial charge < -0.3 is 9.05 Å². The number of aromatic nitrogens is 2. The molecule has 0 saturated carbocycles. The lowest BCUT2D eigenvalue weighted by Gasteiger charge is -2.17. The number of allylic oxidation sites excluding steroid dienone is 1. The number of rotatable bonds is 7. The summed E-state index contributed by atoms with van der Waals surface area (Å²) < 4.78 is 77.2. The predicted octanol–water partition coefficient (Wildman–Crippen LogP) is 4.48. The van der Waals surface area contributed by atoms with Crippen LogP contribution in [0.5, 0.6) is 0 Å². The number of halogens is 5. The van der Waals surface area contributed by atoms with Crippen LogP contribution in [0, 0.1) is 17.1 Å². The number of alkyl halides is 3. The van der Waals surface area contributed by atoms with Gasteiger partial charge >= 0.3 is 19.5 Å². The van der Waals surface area contributed by atoms with E-state index in [1.165, 1.54) is 13.8 Å². The second kappa shape index (κ2) is 10.1. The van der Waals surface area contributed by atoms with Crippen molar-refractivity contribution in [2.75, 3.05) is 13.2 Å². The number of nitrogens with zero attached hydrogens (tertiary/aromatic N) is 3. The first kappa shape index (κ1) is 26.5. The molecular weight excluding hydrogens is 493 g/mol. The zero-order valence-corrected chi connectivity index (χ0v) is 19.1. The van der Waals surface area contributed by atoms with Gasteiger partial charge in [0.1, 0.15) is 22.9 Å². The molecule has 2 aromatic rings. The lowest BCUT2D eigenvalue weighted by molar-refractivity contribution is -0.144. The summed E-state index contributed by atoms with van der Waals surface area (Å²) in [6.45, 7) is 2.87. The third kappa shape index (κ3) is 5.45. The molecule has 1 heterocycles. The van der Waals surface area contributed by atoms with Crippen LogP contribution in [0.25, 0.3) is 11.8 Å². The van der Waals surface area contributed by atoms with E-state index in [1.54, 1.807) is 6.07 Å². The molecular formula is C19H17ClF4N3O5P. The average molecular weight is 510 g/mol. The Morgan fingerprint density at radius 2 is 1.79 bits per heavy atom. The number of hydrogen-bond acceptors (Lipinski definition) is 6. The molecule has 14 heteroatoms. The van der Waals surface area contributed by atoms with Crippen LogP contribution < -0.4 is 11.2 Å². The SMILES string of the molecule is CCOP(=O)(OCC)C(C#N)=Cc1cc(-n2c(=O)cc(C(F)(F)F)n(C)c2=O)c(F)cc1Cl. The lowest BCUT2D eigenvalue weighted by atomic mass is 10.1. The smallest absolute Gasteiger partial charge is 0.305 e. The highest BCUT2D eigenvalue weighted by Crippen LogP contribution is 2.56. The van der Waals surface area contributed by atoms with E-state index < -0.39 is 47.5 Å². The Balaban J connectivity index is 2.81. The molecule has 0 N–H and O–H groups in total. The molecule has 0 aliphatic carbocycles. The molecule has 0 amide bonds. The summed E-state index contributed by atoms with van der Waals surface area (Å²) in [5.41, 5.74) is -5.34. The molecule has 0 saturated heterocycles. The summed E-state index contributed by atoms with van der Waals surface area (Å²) in [6.07, 6.45) is -4.04. The van der Waals surface area contributed by atoms with Gasteiger partial charge in [0, 0.05) is 13.1 Å². The summed E-state index contributed by atoms with van der Waals surface area (Å²) in [5, 5.41) is 8.65. The van der Waals surface area contributed by atoms with Gasteiger partial charge in [-0.05, 0) is 37.6 Å². The summed E-state index contributed by atoms with van der Waals surface area (Å²) in [5.74, 6) is -1.20. The third-order valence-electron chi connectivity index (χ3n) is 4.22. The summed E-state index contributed by atoms with van der Waals surface area (Å²) in [7, 11) is -3.31. The van der Waals surface area contributed by atoms with Crippen LogP contribution in [0.3, 0.4) is 0 Å². The molecule has 0 aliphatic heterocycles. The van der Waals surface area contributed by atoms with Crippen molar-refractivity contribution >= 4 is 25.3 Å². The highest BCUT2D eigenvalue weighted by Gasteiger charge is 2.35. The first-order valence-corrected chi connectivity index (χ1v) is 11.1. The zero-order valence-electron chi connectivity index (χ0n) is 17.4. The van der Waals surface area contributed by atoms with Crippen LogP contribution >= 0.6 is 19.2 Å². The van der Waals surface area contributed by atoms with Gasteiger partial charge in [0.15, 0.2) is 0 Å². The van der Waals surface area contributed by atoms with Gasteiger partial charge in [0.2, 0.25) is 0 Å². The molecule has 33 heavy (non-hydrogen) atoms. The monoisotopic (exact) mass is 509 g/mol. The second-order valence-corrected chi connectivity index (χ2v) is 8.74. The van der Waals surface area contributed by atoms with E-state index in [9.17, 15) is 37.0 Å². The number of nitriles is 1. The van der Waals surface area contributed by atoms with Crippen molar-refractivity contribution in [3.8, 4) is 11.8 Å². The van der Waals surface area contributed by atoms with Crippen LogP contribution in [0.4, 0.5) is 17.6 Å². The maximum Gasteiger partial charge on any atom is 0.431 e. The quantitative estimate of drug-likeness (QED) is 0.310. The summed E-state index contributed by atoms with van der Waals surface area (Å²) in [6, 6.07) is 3.34. The van der Waals surface area contributed by atoms with Gasteiger partial charge in [-0.15, -0.1) is 0 Å². The Morgan fingerprint density at radius 3 is 2.27 bits per heavy atom. The maximum absolute atomic E-state index is 14.6. The summed E-state index contributed by atoms with van der Waals surface area (Å²) >= 11 is 6.01. The third-order valence-corrected chi connectivity index (χ3v) is 6.56. The first-order chi connectivity index (χ1) is 15.3. The zero-order chi connectivity index (χ0) is 25.1. The fourth-order valence-corrected chi connectivity index (χ4v) is 4.45. The molecule has 0 radical (unpaired) electrons. The Kier molecular flexibility index (Phi) is 8.09. The molecule has 1 aromatic carbocycles. The van der Waals surface area contributed by atoms with Gasteiger partial charge in [-0.3, -0.25) is 13.9 Å². The molecule has 178 valence electrons. The average Bonchev–Trinajstić information content (AvgIpc) is 2.70. The van der Waals surface area contributed by atoms with Crippen LogP contribution in [0.2, 0.25) is 5.02 Å². The van der Waals surface area contributed by atoms with Crippen molar-refractivity contribution < 1.29 is 31.2 Å². The Hall–Kier alpha value is -2.71. The highest BCUT2D eigenvalue weighted by molar-refractivity contribution is 7.59. The van der Waals surface area contributed by atoms with Crippen LogP contribution in [0.15, 0.2) is 33.1 Å². The van der Waals surface area contributed by atoms with Crippen LogP contribution in [-0.4, -0.2) is 22.3 Å². The Labute approximate surface area is 189 Å². The first-order valence-electron chi connectivity index (χ1n) is 9.21. The largest absolute Gasteiger partial charge is 0.431 e. The van der Waals surface area contributed by atoms with Gasteiger partial charge in [0.05, 0.1) is 23.9 Å². The minimum atomic E-state index is -5.00. The van der Waals surface area contributed by atoms with E-state index in [4.69, 9.17) is 20.6 Å². The maximum atomic E-state index is 14.6. The molecule has 0 aliphatic rings. The highest BCUT2D eigenvalue weighted by atomic mass is 35.5. The number of hydrogen-bond donors (Lipinski definition) is 0. The number of benzene rings is 1. The van der Waals surface area contributed by atoms with E-state index in [0.717, 1.165) is 19.2 Å². The fraction of sp³-hybridized carbons (Fsp3) is 0.316. The second-order valence-electron chi connectivity index (χ2n) is 6.34. The van der Waals surface area contributed by atoms with E-state index in [-0.39, 0.29) is 39.0 Å². The van der Waals surface area contributed by atoms with Crippen molar-refractivity contribution in [2.24, 2.45) is 7.05 Å². The topological polar surface area (TPSA) is 103 Å². The van der Waals surface area contributed by atoms with Gasteiger partial charge in [-0.25, -0.2) is 13.8 Å². The normalized spacial score (nSPS) is 12.6. The van der Waals surface area contributed by atoms with Crippen molar-refractivity contribution in [1.82, 2.24) is 9.13 Å². The molecule has 2 rings (SSSR count). The van der Waals surface area contributed by atoms with Crippen molar-refractivity contribution in [1.29, 1.82) is 5.26 Å². The molecule has 0 unspecified atom stereocenters. The molecule has 0 atom stereocenters. The Morgan fingerprint density at radius 1 is 1.21 bits per heavy atom. The standard InChI is InChI=1S/C19H17ClF4N3O5P/c1-4-31-33(30,32-5-2)12(10-25)6-11-7-15(14(21)8-13(11)20)27-17(28)9-16(19(22,23)24)26(3)18(27)29/h6-9H,4-5H2,1-3H3. The summed E-state index contributed by atoms with van der Waals surface area (Å²) in [4.78, 5) is 24.8. The van der Waals surface area contributed by atoms with Gasteiger partial charge in [-0.2, -0.15) is 18.4 Å². The minimum absolute atomic E-state index is 0.0737. The van der Waals surface area contributed by atoms with E-state index in [2.05, 4.69) is 0 Å². The van der Waals surface area contributed by atoms with Crippen molar-refractivity contribution in [3.05, 3.63) is 66.4 Å². The van der Waals surface area contributed by atoms with E-state index >= 15 is 0 Å². The van der Waals surface area contributed by atoms with Crippen LogP contribution in [-0.2, 0) is 26.8 Å². The lowest BCUT2D eigenvalue weighted by Crippen LogP contribution is -2.41. The molecule has 1 aromatic heterocycles. The molecule has 8 nitrogen and oxygen atoms in total. The molecule has 0 bridgehead atoms. The Bertz CT molecular complexity index is 1300. The fourth-order valence-electron chi connectivity index (χ4n) is 2.79. The van der Waals surface area contributed by atoms with E-state index in [1.807, 2.05) is 0 Å². The van der Waals surface area contributed by atoms with Gasteiger partial charge in [0.25, 0.3) is 5.56 Å². The van der Waals surface area contributed by atoms with Crippen LogP contribution in [0.1, 0.15) is 25.1 Å². The predicted molar refractivity (Wildman–Crippen MR) is 112 cm³/mol. The minimum Gasteiger partial charge on any atom is -0.305 e. The molecule has 0 fully saturated rings. The van der Waals surface area contributed by atoms with E-state index in [0.29, 0.717) is 6.07 Å². The van der Waals surface area contributed by atoms with Gasteiger partial charge in [-0.1, -0.05) is 11.6 Å². The van der Waals surface area contributed by atoms with Crippen molar-refractivity contribution in [2.45, 2.75) is 20.0 Å². The van der Waals surface area contributed by atoms with Crippen molar-refractivity contribution in [3.63, 3.8) is 0 Å². The molecule has 0 spiro atoms.